The van der Waals surface area contributed by atoms with Gasteiger partial charge < -0.3 is 4.57 Å². The molecular formula is C21H16ClN3O2. The van der Waals surface area contributed by atoms with Crippen LogP contribution in [0.1, 0.15) is 12.5 Å². The Labute approximate surface area is 160 Å². The summed E-state index contributed by atoms with van der Waals surface area (Å²) in [6, 6.07) is 19.0. The maximum Gasteiger partial charge on any atom is 0.288 e. The van der Waals surface area contributed by atoms with E-state index in [2.05, 4.69) is 34.7 Å². The van der Waals surface area contributed by atoms with Crippen LogP contribution in [0.15, 0.2) is 65.7 Å². The molecule has 134 valence electrons. The van der Waals surface area contributed by atoms with Gasteiger partial charge in [-0.3, -0.25) is 15.1 Å². The molecule has 0 aliphatic heterocycles. The Hall–Kier alpha value is -3.18. The van der Waals surface area contributed by atoms with Gasteiger partial charge in [-0.05, 0) is 42.8 Å². The Balaban J connectivity index is 1.77. The van der Waals surface area contributed by atoms with Crippen molar-refractivity contribution >= 4 is 51.0 Å². The second kappa shape index (κ2) is 6.85. The number of hydrogen-bond donors (Lipinski definition) is 0. The molecule has 0 saturated heterocycles. The van der Waals surface area contributed by atoms with E-state index in [4.69, 9.17) is 11.6 Å². The van der Waals surface area contributed by atoms with E-state index in [-0.39, 0.29) is 10.7 Å². The van der Waals surface area contributed by atoms with Gasteiger partial charge in [0.2, 0.25) is 0 Å². The number of aliphatic imine (C=N–C) groups is 1. The average Bonchev–Trinajstić information content (AvgIpc) is 3.00. The molecule has 0 amide bonds. The smallest absolute Gasteiger partial charge is 0.288 e. The maximum atomic E-state index is 11.0. The number of nitrogens with zero attached hydrogens (tertiary/aromatic N) is 3. The first kappa shape index (κ1) is 17.2. The number of aryl methyl sites for hydroxylation is 1. The number of nitro benzene ring substituents is 1. The normalized spacial score (nSPS) is 11.6. The van der Waals surface area contributed by atoms with Gasteiger partial charge >= 0.3 is 0 Å². The third kappa shape index (κ3) is 3.06. The molecule has 6 heteroatoms. The van der Waals surface area contributed by atoms with Crippen LogP contribution in [0.3, 0.4) is 0 Å². The van der Waals surface area contributed by atoms with Crippen LogP contribution in [0.2, 0.25) is 5.02 Å². The van der Waals surface area contributed by atoms with Gasteiger partial charge in [-0.2, -0.15) is 0 Å². The molecular weight excluding hydrogens is 362 g/mol. The number of benzene rings is 3. The molecule has 27 heavy (non-hydrogen) atoms. The Morgan fingerprint density at radius 2 is 1.85 bits per heavy atom. The highest BCUT2D eigenvalue weighted by molar-refractivity contribution is 6.32. The molecule has 3 aromatic carbocycles. The molecule has 0 bridgehead atoms. The van der Waals surface area contributed by atoms with Crippen molar-refractivity contribution in [3.05, 3.63) is 81.4 Å². The minimum atomic E-state index is -0.495. The van der Waals surface area contributed by atoms with Crippen molar-refractivity contribution in [1.82, 2.24) is 4.57 Å². The van der Waals surface area contributed by atoms with Crippen LogP contribution in [0.4, 0.5) is 11.4 Å². The summed E-state index contributed by atoms with van der Waals surface area (Å²) in [5.74, 6) is 0. The molecule has 0 aliphatic rings. The second-order valence-electron chi connectivity index (χ2n) is 6.19. The molecule has 4 rings (SSSR count). The fourth-order valence-corrected chi connectivity index (χ4v) is 3.55. The monoisotopic (exact) mass is 377 g/mol. The van der Waals surface area contributed by atoms with Crippen molar-refractivity contribution in [2.45, 2.75) is 13.5 Å². The quantitative estimate of drug-likeness (QED) is 0.244. The van der Waals surface area contributed by atoms with E-state index in [9.17, 15) is 10.1 Å². The van der Waals surface area contributed by atoms with Crippen molar-refractivity contribution in [2.24, 2.45) is 4.99 Å². The third-order valence-electron chi connectivity index (χ3n) is 4.60. The molecule has 0 aliphatic carbocycles. The molecule has 1 aromatic heterocycles. The molecule has 0 N–H and O–H groups in total. The van der Waals surface area contributed by atoms with Gasteiger partial charge in [0.15, 0.2) is 0 Å². The Morgan fingerprint density at radius 1 is 1.07 bits per heavy atom. The van der Waals surface area contributed by atoms with Crippen molar-refractivity contribution in [3.8, 4) is 0 Å². The molecule has 5 nitrogen and oxygen atoms in total. The Morgan fingerprint density at radius 3 is 2.63 bits per heavy atom. The summed E-state index contributed by atoms with van der Waals surface area (Å²) >= 11 is 5.86. The highest BCUT2D eigenvalue weighted by atomic mass is 35.5. The largest absolute Gasteiger partial charge is 0.341 e. The van der Waals surface area contributed by atoms with Gasteiger partial charge in [-0.15, -0.1) is 0 Å². The zero-order valence-corrected chi connectivity index (χ0v) is 15.3. The maximum absolute atomic E-state index is 11.0. The molecule has 0 fully saturated rings. The molecule has 0 spiro atoms. The summed E-state index contributed by atoms with van der Waals surface area (Å²) < 4.78 is 2.28. The van der Waals surface area contributed by atoms with Crippen LogP contribution < -0.4 is 0 Å². The van der Waals surface area contributed by atoms with Gasteiger partial charge in [-0.25, -0.2) is 0 Å². The number of halogens is 1. The Bertz CT molecular complexity index is 1210. The summed E-state index contributed by atoms with van der Waals surface area (Å²) in [5.41, 5.74) is 3.66. The minimum Gasteiger partial charge on any atom is -0.341 e. The summed E-state index contributed by atoms with van der Waals surface area (Å²) in [5, 5.41) is 13.5. The third-order valence-corrected chi connectivity index (χ3v) is 4.92. The van der Waals surface area contributed by atoms with Crippen molar-refractivity contribution in [3.63, 3.8) is 0 Å². The van der Waals surface area contributed by atoms with Gasteiger partial charge in [0.1, 0.15) is 5.02 Å². The van der Waals surface area contributed by atoms with Crippen LogP contribution in [-0.2, 0) is 6.54 Å². The van der Waals surface area contributed by atoms with Crippen LogP contribution in [0, 0.1) is 10.1 Å². The topological polar surface area (TPSA) is 60.4 Å². The highest BCUT2D eigenvalue weighted by Crippen LogP contribution is 2.32. The van der Waals surface area contributed by atoms with E-state index in [1.807, 2.05) is 24.3 Å². The zero-order chi connectivity index (χ0) is 19.0. The van der Waals surface area contributed by atoms with Crippen molar-refractivity contribution in [1.29, 1.82) is 0 Å². The van der Waals surface area contributed by atoms with Crippen LogP contribution in [0.5, 0.6) is 0 Å². The molecule has 0 radical (unpaired) electrons. The highest BCUT2D eigenvalue weighted by Gasteiger charge is 2.12. The molecule has 0 saturated carbocycles. The first-order valence-electron chi connectivity index (χ1n) is 8.57. The lowest BCUT2D eigenvalue weighted by atomic mass is 10.1. The van der Waals surface area contributed by atoms with E-state index in [0.29, 0.717) is 5.56 Å². The standard InChI is InChI=1S/C21H16ClN3O2/c1-2-24-19-6-4-3-5-16(19)17-12-15(8-10-20(17)24)23-13-14-7-9-18(22)21(11-14)25(26)27/h3-13H,2H2,1H3. The molecule has 0 unspecified atom stereocenters. The Kier molecular flexibility index (Phi) is 4.38. The lowest BCUT2D eigenvalue weighted by molar-refractivity contribution is -0.384. The van der Waals surface area contributed by atoms with E-state index >= 15 is 0 Å². The van der Waals surface area contributed by atoms with Crippen LogP contribution >= 0.6 is 11.6 Å². The van der Waals surface area contributed by atoms with E-state index in [1.54, 1.807) is 12.3 Å². The number of aromatic nitrogens is 1. The van der Waals surface area contributed by atoms with E-state index in [1.165, 1.54) is 28.6 Å². The predicted octanol–water partition coefficient (Wildman–Crippen LogP) is 6.13. The predicted molar refractivity (Wildman–Crippen MR) is 110 cm³/mol. The molecule has 1 heterocycles. The summed E-state index contributed by atoms with van der Waals surface area (Å²) in [6.45, 7) is 3.02. The molecule has 4 aromatic rings. The SMILES string of the molecule is CCn1c2ccccc2c2cc(N=Cc3ccc(Cl)c([N+](=O)[O-])c3)ccc21. The molecule has 0 atom stereocenters. The number of hydrogen-bond acceptors (Lipinski definition) is 3. The number of rotatable bonds is 4. The van der Waals surface area contributed by atoms with Gasteiger partial charge in [0.25, 0.3) is 5.69 Å². The number of fused-ring (bicyclic) bond motifs is 3. The van der Waals surface area contributed by atoms with E-state index < -0.39 is 4.92 Å². The second-order valence-corrected chi connectivity index (χ2v) is 6.60. The summed E-state index contributed by atoms with van der Waals surface area (Å²) in [6.07, 6.45) is 1.61. The van der Waals surface area contributed by atoms with E-state index in [0.717, 1.165) is 17.6 Å². The average molecular weight is 378 g/mol. The van der Waals surface area contributed by atoms with Crippen LogP contribution in [-0.4, -0.2) is 15.7 Å². The fourth-order valence-electron chi connectivity index (χ4n) is 3.36. The number of nitro groups is 1. The summed E-state index contributed by atoms with van der Waals surface area (Å²) in [7, 11) is 0. The summed E-state index contributed by atoms with van der Waals surface area (Å²) in [4.78, 5) is 15.0. The van der Waals surface area contributed by atoms with Crippen molar-refractivity contribution < 1.29 is 4.92 Å². The first-order valence-corrected chi connectivity index (χ1v) is 8.95. The first-order chi connectivity index (χ1) is 13.1. The van der Waals surface area contributed by atoms with Gasteiger partial charge in [-0.1, -0.05) is 35.9 Å². The lowest BCUT2D eigenvalue weighted by Gasteiger charge is -2.02. The van der Waals surface area contributed by atoms with Crippen molar-refractivity contribution in [2.75, 3.05) is 0 Å². The lowest BCUT2D eigenvalue weighted by Crippen LogP contribution is -1.92. The van der Waals surface area contributed by atoms with Gasteiger partial charge in [0, 0.05) is 40.6 Å². The van der Waals surface area contributed by atoms with Crippen LogP contribution in [0.25, 0.3) is 21.8 Å². The zero-order valence-electron chi connectivity index (χ0n) is 14.6. The number of para-hydroxylation sites is 1. The van der Waals surface area contributed by atoms with Gasteiger partial charge in [0.05, 0.1) is 10.6 Å². The minimum absolute atomic E-state index is 0.117. The fraction of sp³-hybridized carbons (Fsp3) is 0.0952.